The number of likely N-dealkylation sites (tertiary alicyclic amines) is 1. The van der Waals surface area contributed by atoms with Crippen LogP contribution in [0.25, 0.3) is 5.82 Å². The van der Waals surface area contributed by atoms with Gasteiger partial charge in [-0.3, -0.25) is 4.90 Å². The van der Waals surface area contributed by atoms with Gasteiger partial charge in [-0.2, -0.15) is 5.10 Å². The van der Waals surface area contributed by atoms with E-state index in [0.29, 0.717) is 29.3 Å². The molecule has 1 saturated heterocycles. The highest BCUT2D eigenvalue weighted by molar-refractivity contribution is 5.68. The van der Waals surface area contributed by atoms with Crippen molar-refractivity contribution in [1.82, 2.24) is 24.6 Å². The molecule has 7 heteroatoms. The van der Waals surface area contributed by atoms with E-state index in [1.165, 1.54) is 25.7 Å². The van der Waals surface area contributed by atoms with Crippen molar-refractivity contribution in [3.8, 4) is 5.82 Å². The van der Waals surface area contributed by atoms with Gasteiger partial charge in [0.05, 0.1) is 0 Å². The Morgan fingerprint density at radius 3 is 3.00 bits per heavy atom. The molecule has 0 aliphatic carbocycles. The average Bonchev–Trinajstić information content (AvgIpc) is 3.17. The fraction of sp³-hybridized carbons (Fsp3) is 0.562. The third-order valence-corrected chi connectivity index (χ3v) is 4.19. The molecule has 1 aliphatic heterocycles. The van der Waals surface area contributed by atoms with Crippen LogP contribution in [-0.4, -0.2) is 50.3 Å². The van der Waals surface area contributed by atoms with Crippen LogP contribution in [0.3, 0.4) is 0 Å². The van der Waals surface area contributed by atoms with E-state index in [9.17, 15) is 0 Å². The Balaban J connectivity index is 1.68. The van der Waals surface area contributed by atoms with Gasteiger partial charge in [0.1, 0.15) is 12.0 Å². The number of hydrogen-bond donors (Lipinski definition) is 2. The van der Waals surface area contributed by atoms with E-state index >= 15 is 0 Å². The molecular weight excluding hydrogens is 290 g/mol. The topological polar surface area (TPSA) is 84.9 Å². The number of rotatable bonds is 6. The highest BCUT2D eigenvalue weighted by atomic mass is 15.3. The Hall–Kier alpha value is -2.15. The monoisotopic (exact) mass is 315 g/mol. The zero-order chi connectivity index (χ0) is 16.2. The van der Waals surface area contributed by atoms with E-state index in [-0.39, 0.29) is 0 Å². The van der Waals surface area contributed by atoms with Crippen LogP contribution in [0.1, 0.15) is 26.7 Å². The zero-order valence-corrected chi connectivity index (χ0v) is 13.8. The van der Waals surface area contributed by atoms with E-state index in [0.717, 1.165) is 13.1 Å². The first-order valence-electron chi connectivity index (χ1n) is 8.23. The smallest absolute Gasteiger partial charge is 0.181 e. The van der Waals surface area contributed by atoms with E-state index in [1.807, 2.05) is 12.3 Å². The number of nitrogens with two attached hydrogens (primary N) is 1. The standard InChI is InChI=1S/C16H25N7/c1-12(2)10-22-7-3-5-13(22)9-18-15-14(17)16(20-11-19-15)23-8-4-6-21-23/h4,6,8,11-13H,3,5,7,9-10,17H2,1-2H3,(H,18,19,20)/t13-/m1/s1. The van der Waals surface area contributed by atoms with Crippen LogP contribution < -0.4 is 11.1 Å². The normalized spacial score (nSPS) is 18.7. The molecule has 0 radical (unpaired) electrons. The maximum atomic E-state index is 6.21. The molecule has 0 bridgehead atoms. The molecule has 0 unspecified atom stereocenters. The van der Waals surface area contributed by atoms with Crippen molar-refractivity contribution in [2.75, 3.05) is 30.7 Å². The SMILES string of the molecule is CC(C)CN1CCC[C@@H]1CNc1ncnc(-n2cccn2)c1N. The number of hydrogen-bond acceptors (Lipinski definition) is 6. The van der Waals surface area contributed by atoms with Gasteiger partial charge in [-0.05, 0) is 31.4 Å². The minimum Gasteiger partial charge on any atom is -0.393 e. The third-order valence-electron chi connectivity index (χ3n) is 4.19. The first-order valence-corrected chi connectivity index (χ1v) is 8.23. The summed E-state index contributed by atoms with van der Waals surface area (Å²) in [5, 5.41) is 7.58. The third kappa shape index (κ3) is 3.61. The van der Waals surface area contributed by atoms with E-state index < -0.39 is 0 Å². The number of nitrogens with zero attached hydrogens (tertiary/aromatic N) is 5. The summed E-state index contributed by atoms with van der Waals surface area (Å²) in [5.74, 6) is 1.98. The summed E-state index contributed by atoms with van der Waals surface area (Å²) >= 11 is 0. The van der Waals surface area contributed by atoms with Crippen LogP contribution in [-0.2, 0) is 0 Å². The molecule has 3 rings (SSSR count). The lowest BCUT2D eigenvalue weighted by Gasteiger charge is -2.26. The van der Waals surface area contributed by atoms with E-state index in [1.54, 1.807) is 10.9 Å². The molecule has 2 aromatic rings. The summed E-state index contributed by atoms with van der Waals surface area (Å²) in [6, 6.07) is 2.39. The largest absolute Gasteiger partial charge is 0.393 e. The minimum absolute atomic E-state index is 0.532. The molecule has 7 nitrogen and oxygen atoms in total. The van der Waals surface area contributed by atoms with Crippen molar-refractivity contribution in [1.29, 1.82) is 0 Å². The van der Waals surface area contributed by atoms with Crippen molar-refractivity contribution < 1.29 is 0 Å². The predicted molar refractivity (Wildman–Crippen MR) is 91.5 cm³/mol. The molecule has 2 aromatic heterocycles. The molecule has 0 aromatic carbocycles. The second-order valence-electron chi connectivity index (χ2n) is 6.48. The van der Waals surface area contributed by atoms with Crippen LogP contribution in [0.2, 0.25) is 0 Å². The van der Waals surface area contributed by atoms with Gasteiger partial charge < -0.3 is 11.1 Å². The lowest BCUT2D eigenvalue weighted by molar-refractivity contribution is 0.234. The summed E-state index contributed by atoms with van der Waals surface area (Å²) in [6.07, 6.45) is 7.53. The Labute approximate surface area is 136 Å². The second kappa shape index (κ2) is 6.95. The predicted octanol–water partition coefficient (Wildman–Crippen LogP) is 1.78. The van der Waals surface area contributed by atoms with Gasteiger partial charge in [0.2, 0.25) is 0 Å². The van der Waals surface area contributed by atoms with Gasteiger partial charge in [-0.25, -0.2) is 14.6 Å². The molecule has 0 amide bonds. The molecule has 0 saturated carbocycles. The van der Waals surface area contributed by atoms with Gasteiger partial charge in [-0.1, -0.05) is 13.8 Å². The summed E-state index contributed by atoms with van der Waals surface area (Å²) in [7, 11) is 0. The Kier molecular flexibility index (Phi) is 4.76. The molecule has 0 spiro atoms. The molecular formula is C16H25N7. The van der Waals surface area contributed by atoms with Gasteiger partial charge >= 0.3 is 0 Å². The Morgan fingerprint density at radius 1 is 1.39 bits per heavy atom. The maximum Gasteiger partial charge on any atom is 0.181 e. The molecule has 3 heterocycles. The van der Waals surface area contributed by atoms with Crippen LogP contribution in [0.4, 0.5) is 11.5 Å². The lowest BCUT2D eigenvalue weighted by Crippen LogP contribution is -2.37. The van der Waals surface area contributed by atoms with Crippen LogP contribution >= 0.6 is 0 Å². The summed E-state index contributed by atoms with van der Waals surface area (Å²) in [4.78, 5) is 11.1. The van der Waals surface area contributed by atoms with Crippen molar-refractivity contribution in [2.45, 2.75) is 32.7 Å². The summed E-state index contributed by atoms with van der Waals surface area (Å²) < 4.78 is 1.66. The molecule has 1 fully saturated rings. The number of aromatic nitrogens is 4. The van der Waals surface area contributed by atoms with Crippen LogP contribution in [0.15, 0.2) is 24.8 Å². The van der Waals surface area contributed by atoms with Crippen molar-refractivity contribution in [2.24, 2.45) is 5.92 Å². The summed E-state index contributed by atoms with van der Waals surface area (Å²) in [6.45, 7) is 7.71. The molecule has 124 valence electrons. The zero-order valence-electron chi connectivity index (χ0n) is 13.8. The van der Waals surface area contributed by atoms with Crippen LogP contribution in [0.5, 0.6) is 0 Å². The van der Waals surface area contributed by atoms with E-state index in [4.69, 9.17) is 5.73 Å². The van der Waals surface area contributed by atoms with E-state index in [2.05, 4.69) is 39.1 Å². The van der Waals surface area contributed by atoms with Gasteiger partial charge in [0, 0.05) is 31.5 Å². The molecule has 1 aliphatic rings. The fourth-order valence-corrected chi connectivity index (χ4v) is 3.15. The highest BCUT2D eigenvalue weighted by Crippen LogP contribution is 2.23. The highest BCUT2D eigenvalue weighted by Gasteiger charge is 2.25. The van der Waals surface area contributed by atoms with Gasteiger partial charge in [-0.15, -0.1) is 0 Å². The molecule has 1 atom stereocenters. The minimum atomic E-state index is 0.532. The lowest BCUT2D eigenvalue weighted by atomic mass is 10.1. The average molecular weight is 315 g/mol. The molecule has 3 N–H and O–H groups in total. The Morgan fingerprint density at radius 2 is 2.26 bits per heavy atom. The number of nitrogens with one attached hydrogen (secondary N) is 1. The van der Waals surface area contributed by atoms with Crippen molar-refractivity contribution in [3.05, 3.63) is 24.8 Å². The van der Waals surface area contributed by atoms with Gasteiger partial charge in [0.15, 0.2) is 11.6 Å². The van der Waals surface area contributed by atoms with Gasteiger partial charge in [0.25, 0.3) is 0 Å². The first-order chi connectivity index (χ1) is 11.1. The Bertz CT molecular complexity index is 623. The number of anilines is 2. The first kappa shape index (κ1) is 15.7. The molecule has 23 heavy (non-hydrogen) atoms. The van der Waals surface area contributed by atoms with Crippen molar-refractivity contribution >= 4 is 11.5 Å². The second-order valence-corrected chi connectivity index (χ2v) is 6.48. The maximum absolute atomic E-state index is 6.21. The number of nitrogen functional groups attached to an aromatic ring is 1. The summed E-state index contributed by atoms with van der Waals surface area (Å²) in [5.41, 5.74) is 6.74. The van der Waals surface area contributed by atoms with Crippen LogP contribution in [0, 0.1) is 5.92 Å². The quantitative estimate of drug-likeness (QED) is 0.845. The van der Waals surface area contributed by atoms with Crippen molar-refractivity contribution in [3.63, 3.8) is 0 Å². The fourth-order valence-electron chi connectivity index (χ4n) is 3.15.